The van der Waals surface area contributed by atoms with Crippen molar-refractivity contribution in [2.75, 3.05) is 18.0 Å². The molecule has 5 nitrogen and oxygen atoms in total. The lowest BCUT2D eigenvalue weighted by atomic mass is 10.1. The molecule has 0 saturated carbocycles. The fraction of sp³-hybridized carbons (Fsp3) is 0.211. The first-order valence-electron chi connectivity index (χ1n) is 8.12. The molecule has 0 saturated heterocycles. The monoisotopic (exact) mass is 318 g/mol. The van der Waals surface area contributed by atoms with Gasteiger partial charge in [-0.15, -0.1) is 0 Å². The Labute approximate surface area is 140 Å². The van der Waals surface area contributed by atoms with Crippen molar-refractivity contribution in [2.45, 2.75) is 13.0 Å². The minimum absolute atomic E-state index is 0.00835. The average molecular weight is 318 g/mol. The SMILES string of the molecule is O=c1cc(-c2ccncc2)nc2n1CCN2CCc1ccccc1. The molecule has 5 heteroatoms. The number of anilines is 1. The first kappa shape index (κ1) is 14.6. The molecule has 1 aliphatic heterocycles. The standard InChI is InChI=1S/C19H18N4O/c24-18-14-17(16-6-9-20-10-7-16)21-19-22(12-13-23(18)19)11-8-15-4-2-1-3-5-15/h1-7,9-10,14H,8,11-13H2. The van der Waals surface area contributed by atoms with Gasteiger partial charge in [0.2, 0.25) is 5.95 Å². The molecule has 0 amide bonds. The Balaban J connectivity index is 1.62. The summed E-state index contributed by atoms with van der Waals surface area (Å²) in [5.41, 5.74) is 2.93. The maximum absolute atomic E-state index is 12.4. The Morgan fingerprint density at radius 2 is 1.79 bits per heavy atom. The second-order valence-corrected chi connectivity index (χ2v) is 5.89. The number of hydrogen-bond donors (Lipinski definition) is 0. The van der Waals surface area contributed by atoms with Gasteiger partial charge in [-0.2, -0.15) is 0 Å². The summed E-state index contributed by atoms with van der Waals surface area (Å²) in [7, 11) is 0. The molecule has 0 unspecified atom stereocenters. The molecule has 4 rings (SSSR count). The van der Waals surface area contributed by atoms with E-state index in [0.29, 0.717) is 12.2 Å². The number of fused-ring (bicyclic) bond motifs is 1. The number of rotatable bonds is 4. The minimum Gasteiger partial charge on any atom is -0.340 e. The molecule has 0 atom stereocenters. The fourth-order valence-corrected chi connectivity index (χ4v) is 3.06. The molecule has 0 aliphatic carbocycles. The molecule has 120 valence electrons. The first-order chi connectivity index (χ1) is 11.8. The molecular weight excluding hydrogens is 300 g/mol. The van der Waals surface area contributed by atoms with E-state index in [1.54, 1.807) is 23.0 Å². The van der Waals surface area contributed by atoms with E-state index < -0.39 is 0 Å². The topological polar surface area (TPSA) is 51.0 Å². The lowest BCUT2D eigenvalue weighted by molar-refractivity contribution is 0.746. The van der Waals surface area contributed by atoms with Gasteiger partial charge in [0, 0.05) is 43.7 Å². The van der Waals surface area contributed by atoms with Crippen molar-refractivity contribution < 1.29 is 0 Å². The van der Waals surface area contributed by atoms with Gasteiger partial charge >= 0.3 is 0 Å². The van der Waals surface area contributed by atoms with E-state index in [2.05, 4.69) is 34.1 Å². The lowest BCUT2D eigenvalue weighted by Crippen LogP contribution is -2.25. The normalized spacial score (nSPS) is 13.1. The van der Waals surface area contributed by atoms with Gasteiger partial charge in [0.1, 0.15) is 0 Å². The highest BCUT2D eigenvalue weighted by molar-refractivity contribution is 5.59. The summed E-state index contributed by atoms with van der Waals surface area (Å²) in [5, 5.41) is 0. The number of aromatic nitrogens is 3. The zero-order chi connectivity index (χ0) is 16.4. The quantitative estimate of drug-likeness (QED) is 0.741. The average Bonchev–Trinajstić information content (AvgIpc) is 3.05. The summed E-state index contributed by atoms with van der Waals surface area (Å²) >= 11 is 0. The summed E-state index contributed by atoms with van der Waals surface area (Å²) < 4.78 is 1.76. The van der Waals surface area contributed by atoms with Crippen LogP contribution in [0.25, 0.3) is 11.3 Å². The third-order valence-electron chi connectivity index (χ3n) is 4.35. The molecule has 0 fully saturated rings. The van der Waals surface area contributed by atoms with Crippen molar-refractivity contribution in [2.24, 2.45) is 0 Å². The van der Waals surface area contributed by atoms with Crippen LogP contribution >= 0.6 is 0 Å². The van der Waals surface area contributed by atoms with E-state index in [9.17, 15) is 4.79 Å². The molecule has 0 bridgehead atoms. The Kier molecular flexibility index (Phi) is 3.83. The van der Waals surface area contributed by atoms with Crippen molar-refractivity contribution >= 4 is 5.95 Å². The van der Waals surface area contributed by atoms with Crippen LogP contribution in [0.2, 0.25) is 0 Å². The molecule has 24 heavy (non-hydrogen) atoms. The summed E-state index contributed by atoms with van der Waals surface area (Å²) in [6, 6.07) is 15.8. The van der Waals surface area contributed by atoms with Gasteiger partial charge in [0.25, 0.3) is 5.56 Å². The number of benzene rings is 1. The van der Waals surface area contributed by atoms with Crippen molar-refractivity contribution in [3.8, 4) is 11.3 Å². The van der Waals surface area contributed by atoms with E-state index in [-0.39, 0.29) is 5.56 Å². The predicted octanol–water partition coefficient (Wildman–Crippen LogP) is 2.37. The van der Waals surface area contributed by atoms with Crippen molar-refractivity contribution in [3.05, 3.63) is 76.8 Å². The summed E-state index contributed by atoms with van der Waals surface area (Å²) in [6.07, 6.45) is 4.38. The second kappa shape index (κ2) is 6.28. The molecule has 2 aromatic heterocycles. The summed E-state index contributed by atoms with van der Waals surface area (Å²) in [6.45, 7) is 2.39. The Morgan fingerprint density at radius 1 is 1.00 bits per heavy atom. The maximum atomic E-state index is 12.4. The molecule has 1 aliphatic rings. The zero-order valence-corrected chi connectivity index (χ0v) is 13.3. The van der Waals surface area contributed by atoms with Crippen LogP contribution in [0.3, 0.4) is 0 Å². The molecule has 3 heterocycles. The number of nitrogens with zero attached hydrogens (tertiary/aromatic N) is 4. The highest BCUT2D eigenvalue weighted by Crippen LogP contribution is 2.22. The van der Waals surface area contributed by atoms with Crippen LogP contribution in [-0.2, 0) is 13.0 Å². The van der Waals surface area contributed by atoms with Crippen LogP contribution in [-0.4, -0.2) is 27.6 Å². The lowest BCUT2D eigenvalue weighted by Gasteiger charge is -2.17. The molecule has 1 aromatic carbocycles. The third-order valence-corrected chi connectivity index (χ3v) is 4.35. The Hall–Kier alpha value is -2.95. The minimum atomic E-state index is 0.00835. The van der Waals surface area contributed by atoms with E-state index in [0.717, 1.165) is 31.0 Å². The largest absolute Gasteiger partial charge is 0.340 e. The third kappa shape index (κ3) is 2.80. The second-order valence-electron chi connectivity index (χ2n) is 5.89. The van der Waals surface area contributed by atoms with Crippen molar-refractivity contribution in [3.63, 3.8) is 0 Å². The van der Waals surface area contributed by atoms with Crippen LogP contribution in [0.1, 0.15) is 5.56 Å². The van der Waals surface area contributed by atoms with Gasteiger partial charge < -0.3 is 4.90 Å². The fourth-order valence-electron chi connectivity index (χ4n) is 3.06. The van der Waals surface area contributed by atoms with Crippen molar-refractivity contribution in [1.29, 1.82) is 0 Å². The van der Waals surface area contributed by atoms with Crippen LogP contribution in [0.5, 0.6) is 0 Å². The summed E-state index contributed by atoms with van der Waals surface area (Å²) in [4.78, 5) is 23.4. The van der Waals surface area contributed by atoms with Gasteiger partial charge in [-0.25, -0.2) is 4.98 Å². The number of pyridine rings is 1. The molecular formula is C19H18N4O. The van der Waals surface area contributed by atoms with Gasteiger partial charge in [-0.05, 0) is 24.1 Å². The highest BCUT2D eigenvalue weighted by Gasteiger charge is 2.22. The van der Waals surface area contributed by atoms with E-state index in [1.165, 1.54) is 5.56 Å². The maximum Gasteiger partial charge on any atom is 0.255 e. The first-order valence-corrected chi connectivity index (χ1v) is 8.12. The molecule has 0 spiro atoms. The van der Waals surface area contributed by atoms with E-state index >= 15 is 0 Å². The predicted molar refractivity (Wildman–Crippen MR) is 94.1 cm³/mol. The van der Waals surface area contributed by atoms with Gasteiger partial charge in [-0.1, -0.05) is 30.3 Å². The molecule has 0 radical (unpaired) electrons. The van der Waals surface area contributed by atoms with E-state index in [1.807, 2.05) is 18.2 Å². The van der Waals surface area contributed by atoms with Gasteiger partial charge in [0.05, 0.1) is 5.69 Å². The molecule has 0 N–H and O–H groups in total. The summed E-state index contributed by atoms with van der Waals surface area (Å²) in [5.74, 6) is 0.769. The van der Waals surface area contributed by atoms with Crippen molar-refractivity contribution in [1.82, 2.24) is 14.5 Å². The van der Waals surface area contributed by atoms with Crippen LogP contribution < -0.4 is 10.5 Å². The van der Waals surface area contributed by atoms with E-state index in [4.69, 9.17) is 4.98 Å². The smallest absolute Gasteiger partial charge is 0.255 e. The highest BCUT2D eigenvalue weighted by atomic mass is 16.1. The molecule has 3 aromatic rings. The van der Waals surface area contributed by atoms with Crippen LogP contribution in [0.15, 0.2) is 65.7 Å². The Bertz CT molecular complexity index is 890. The Morgan fingerprint density at radius 3 is 2.58 bits per heavy atom. The number of hydrogen-bond acceptors (Lipinski definition) is 4. The van der Waals surface area contributed by atoms with Gasteiger partial charge in [-0.3, -0.25) is 14.3 Å². The van der Waals surface area contributed by atoms with Gasteiger partial charge in [0.15, 0.2) is 0 Å². The van der Waals surface area contributed by atoms with Crippen LogP contribution in [0, 0.1) is 0 Å². The van der Waals surface area contributed by atoms with Crippen LogP contribution in [0.4, 0.5) is 5.95 Å². The zero-order valence-electron chi connectivity index (χ0n) is 13.3.